The largest absolute Gasteiger partial charge is 0.331 e. The summed E-state index contributed by atoms with van der Waals surface area (Å²) in [6.07, 6.45) is 0. The molecular formula is C6H7Cl2IN2. The molecule has 0 N–H and O–H groups in total. The number of alkyl halides is 1. The van der Waals surface area contributed by atoms with Crippen LogP contribution < -0.4 is 0 Å². The van der Waals surface area contributed by atoms with Crippen LogP contribution in [0.3, 0.4) is 0 Å². The summed E-state index contributed by atoms with van der Waals surface area (Å²) in [5.41, 5.74) is 0.616. The molecule has 1 atom stereocenters. The Morgan fingerprint density at radius 3 is 2.73 bits per heavy atom. The smallest absolute Gasteiger partial charge is 0.199 e. The van der Waals surface area contributed by atoms with Gasteiger partial charge in [0.1, 0.15) is 8.87 Å². The van der Waals surface area contributed by atoms with Crippen molar-refractivity contribution >= 4 is 49.5 Å². The second-order valence-electron chi connectivity index (χ2n) is 2.26. The van der Waals surface area contributed by atoms with E-state index in [1.807, 2.05) is 14.0 Å². The molecule has 1 rings (SSSR count). The average molecular weight is 305 g/mol. The fraction of sp³-hybridized carbons (Fsp3) is 0.500. The molecule has 0 fully saturated rings. The fourth-order valence-electron chi connectivity index (χ4n) is 0.720. The standard InChI is InChI=1S/C6H7Cl2IN2/c1-3-4(7)11(2)6(8)10-5(3)9/h6H,1-2H3. The monoisotopic (exact) mass is 304 g/mol. The van der Waals surface area contributed by atoms with Gasteiger partial charge in [-0.1, -0.05) is 23.2 Å². The maximum atomic E-state index is 5.94. The summed E-state index contributed by atoms with van der Waals surface area (Å²) in [5.74, 6) is 0. The first-order valence-electron chi connectivity index (χ1n) is 3.01. The van der Waals surface area contributed by atoms with E-state index in [-0.39, 0.29) is 5.62 Å². The third-order valence-corrected chi connectivity index (χ3v) is 3.50. The third-order valence-electron chi connectivity index (χ3n) is 1.47. The molecule has 1 aliphatic heterocycles. The van der Waals surface area contributed by atoms with E-state index in [1.54, 1.807) is 4.90 Å². The maximum absolute atomic E-state index is 5.94. The Morgan fingerprint density at radius 1 is 1.64 bits per heavy atom. The van der Waals surface area contributed by atoms with Crippen molar-refractivity contribution < 1.29 is 0 Å². The lowest BCUT2D eigenvalue weighted by atomic mass is 10.3. The van der Waals surface area contributed by atoms with E-state index in [0.717, 1.165) is 9.29 Å². The first-order chi connectivity index (χ1) is 5.04. The van der Waals surface area contributed by atoms with Crippen LogP contribution in [0.15, 0.2) is 15.7 Å². The number of nitrogens with zero attached hydrogens (tertiary/aromatic N) is 2. The highest BCUT2D eigenvalue weighted by Gasteiger charge is 2.20. The maximum Gasteiger partial charge on any atom is 0.199 e. The lowest BCUT2D eigenvalue weighted by molar-refractivity contribution is 0.411. The highest BCUT2D eigenvalue weighted by Crippen LogP contribution is 2.26. The Labute approximate surface area is 89.4 Å². The zero-order valence-corrected chi connectivity index (χ0v) is 9.78. The molecule has 0 saturated carbocycles. The van der Waals surface area contributed by atoms with Crippen molar-refractivity contribution in [3.63, 3.8) is 0 Å². The van der Waals surface area contributed by atoms with E-state index >= 15 is 0 Å². The minimum atomic E-state index is -0.363. The second kappa shape index (κ2) is 3.49. The number of aliphatic imine (C=N–C) groups is 1. The molecule has 0 aliphatic carbocycles. The van der Waals surface area contributed by atoms with Crippen LogP contribution in [0.1, 0.15) is 6.92 Å². The van der Waals surface area contributed by atoms with Gasteiger partial charge in [-0.3, -0.25) is 0 Å². The molecule has 1 aliphatic rings. The number of allylic oxidation sites excluding steroid dienone is 1. The van der Waals surface area contributed by atoms with E-state index in [0.29, 0.717) is 5.16 Å². The van der Waals surface area contributed by atoms with Crippen molar-refractivity contribution in [1.82, 2.24) is 4.90 Å². The first kappa shape index (κ1) is 9.61. The van der Waals surface area contributed by atoms with Gasteiger partial charge < -0.3 is 4.90 Å². The summed E-state index contributed by atoms with van der Waals surface area (Å²) in [6.45, 7) is 1.92. The van der Waals surface area contributed by atoms with Gasteiger partial charge in [-0.25, -0.2) is 4.99 Å². The molecule has 1 unspecified atom stereocenters. The van der Waals surface area contributed by atoms with Crippen molar-refractivity contribution in [1.29, 1.82) is 0 Å². The summed E-state index contributed by atoms with van der Waals surface area (Å²) in [7, 11) is 1.82. The second-order valence-corrected chi connectivity index (χ2v) is 4.03. The van der Waals surface area contributed by atoms with Gasteiger partial charge in [0.25, 0.3) is 0 Å². The van der Waals surface area contributed by atoms with Crippen LogP contribution in [0, 0.1) is 0 Å². The van der Waals surface area contributed by atoms with Gasteiger partial charge in [-0.15, -0.1) is 0 Å². The van der Waals surface area contributed by atoms with Crippen LogP contribution in [0.5, 0.6) is 0 Å². The molecule has 1 heterocycles. The van der Waals surface area contributed by atoms with Crippen molar-refractivity contribution in [3.8, 4) is 0 Å². The number of hydrogen-bond donors (Lipinski definition) is 0. The Bertz CT molecular complexity index is 237. The molecule has 0 aromatic heterocycles. The van der Waals surface area contributed by atoms with Crippen molar-refractivity contribution in [2.24, 2.45) is 4.99 Å². The van der Waals surface area contributed by atoms with Crippen LogP contribution in [-0.2, 0) is 0 Å². The van der Waals surface area contributed by atoms with Gasteiger partial charge in [-0.05, 0) is 29.5 Å². The topological polar surface area (TPSA) is 15.6 Å². The average Bonchev–Trinajstić information content (AvgIpc) is 1.97. The Hall–Kier alpha value is 0.520. The van der Waals surface area contributed by atoms with Crippen LogP contribution in [0.25, 0.3) is 0 Å². The summed E-state index contributed by atoms with van der Waals surface area (Å²) >= 11 is 13.9. The molecular weight excluding hydrogens is 298 g/mol. The predicted octanol–water partition coefficient (Wildman–Crippen LogP) is 2.76. The summed E-state index contributed by atoms with van der Waals surface area (Å²) in [6, 6.07) is 0. The zero-order chi connectivity index (χ0) is 8.59. The molecule has 0 saturated heterocycles. The van der Waals surface area contributed by atoms with Gasteiger partial charge in [0, 0.05) is 12.6 Å². The molecule has 0 bridgehead atoms. The summed E-state index contributed by atoms with van der Waals surface area (Å²) in [4.78, 5) is 5.87. The minimum Gasteiger partial charge on any atom is -0.331 e. The van der Waals surface area contributed by atoms with Crippen LogP contribution in [-0.4, -0.2) is 21.3 Å². The summed E-state index contributed by atoms with van der Waals surface area (Å²) < 4.78 is 0.880. The lowest BCUT2D eigenvalue weighted by Gasteiger charge is -2.26. The molecule has 0 spiro atoms. The molecule has 0 aromatic rings. The zero-order valence-electron chi connectivity index (χ0n) is 6.11. The SMILES string of the molecule is CC1=C(Cl)N(C)C(Cl)N=C1I. The van der Waals surface area contributed by atoms with E-state index < -0.39 is 0 Å². The molecule has 0 aromatic carbocycles. The highest BCUT2D eigenvalue weighted by molar-refractivity contribution is 14.1. The number of rotatable bonds is 0. The van der Waals surface area contributed by atoms with E-state index in [4.69, 9.17) is 23.2 Å². The third kappa shape index (κ3) is 1.81. The summed E-state index contributed by atoms with van der Waals surface area (Å²) in [5, 5.41) is 0.671. The van der Waals surface area contributed by atoms with E-state index in [2.05, 4.69) is 27.6 Å². The first-order valence-corrected chi connectivity index (χ1v) is 4.90. The Balaban J connectivity index is 3.02. The molecule has 11 heavy (non-hydrogen) atoms. The minimum absolute atomic E-state index is 0.363. The molecule has 0 radical (unpaired) electrons. The fourth-order valence-corrected chi connectivity index (χ4v) is 1.99. The van der Waals surface area contributed by atoms with E-state index in [1.165, 1.54) is 0 Å². The molecule has 5 heteroatoms. The van der Waals surface area contributed by atoms with Crippen LogP contribution in [0.4, 0.5) is 0 Å². The van der Waals surface area contributed by atoms with Gasteiger partial charge >= 0.3 is 0 Å². The Kier molecular flexibility index (Phi) is 3.05. The predicted molar refractivity (Wildman–Crippen MR) is 57.4 cm³/mol. The van der Waals surface area contributed by atoms with Gasteiger partial charge in [-0.2, -0.15) is 0 Å². The Morgan fingerprint density at radius 2 is 2.18 bits per heavy atom. The van der Waals surface area contributed by atoms with Crippen molar-refractivity contribution in [2.75, 3.05) is 7.05 Å². The van der Waals surface area contributed by atoms with Crippen LogP contribution in [0.2, 0.25) is 0 Å². The molecule has 0 amide bonds. The molecule has 62 valence electrons. The lowest BCUT2D eigenvalue weighted by Crippen LogP contribution is -2.28. The van der Waals surface area contributed by atoms with Crippen molar-refractivity contribution in [3.05, 3.63) is 10.7 Å². The van der Waals surface area contributed by atoms with Gasteiger partial charge in [0.05, 0.1) is 0 Å². The number of hydrogen-bond acceptors (Lipinski definition) is 2. The number of halogens is 3. The van der Waals surface area contributed by atoms with Crippen molar-refractivity contribution in [2.45, 2.75) is 12.5 Å². The van der Waals surface area contributed by atoms with E-state index in [9.17, 15) is 0 Å². The molecule has 2 nitrogen and oxygen atoms in total. The van der Waals surface area contributed by atoms with Crippen LogP contribution >= 0.6 is 45.8 Å². The normalized spacial score (nSPS) is 25.7. The van der Waals surface area contributed by atoms with Gasteiger partial charge in [0.15, 0.2) is 5.62 Å². The van der Waals surface area contributed by atoms with Gasteiger partial charge in [0.2, 0.25) is 0 Å². The highest BCUT2D eigenvalue weighted by atomic mass is 127. The quantitative estimate of drug-likeness (QED) is 0.382.